The molecule has 0 spiro atoms. The molecule has 4 heteroatoms. The lowest BCUT2D eigenvalue weighted by Crippen LogP contribution is -2.08. The van der Waals surface area contributed by atoms with E-state index in [1.54, 1.807) is 19.2 Å². The van der Waals surface area contributed by atoms with Crippen LogP contribution in [-0.4, -0.2) is 12.2 Å². The van der Waals surface area contributed by atoms with E-state index in [0.717, 1.165) is 16.9 Å². The Hall–Kier alpha value is -2.20. The maximum absolute atomic E-state index is 9.25. The summed E-state index contributed by atoms with van der Waals surface area (Å²) in [5.41, 5.74) is 7.85. The fraction of sp³-hybridized carbons (Fsp3) is 0.250. The van der Waals surface area contributed by atoms with Crippen molar-refractivity contribution in [2.75, 3.05) is 7.11 Å². The van der Waals surface area contributed by atoms with Gasteiger partial charge in [-0.15, -0.1) is 0 Å². The molecule has 106 valence electrons. The first-order valence-corrected chi connectivity index (χ1v) is 6.44. The van der Waals surface area contributed by atoms with Gasteiger partial charge in [0, 0.05) is 17.7 Å². The van der Waals surface area contributed by atoms with E-state index in [1.165, 1.54) is 0 Å². The number of rotatable bonds is 5. The van der Waals surface area contributed by atoms with Gasteiger partial charge in [0.2, 0.25) is 0 Å². The SMILES string of the molecule is COc1ccc(C(C)N)c(OCc2ccc(O)cc2)c1. The Labute approximate surface area is 118 Å². The average Bonchev–Trinajstić information content (AvgIpc) is 2.46. The van der Waals surface area contributed by atoms with Crippen molar-refractivity contribution in [3.63, 3.8) is 0 Å². The normalized spacial score (nSPS) is 11.9. The van der Waals surface area contributed by atoms with E-state index in [1.807, 2.05) is 37.3 Å². The van der Waals surface area contributed by atoms with Crippen molar-refractivity contribution in [3.05, 3.63) is 53.6 Å². The van der Waals surface area contributed by atoms with Gasteiger partial charge in [0.1, 0.15) is 23.9 Å². The summed E-state index contributed by atoms with van der Waals surface area (Å²) < 4.78 is 11.0. The third-order valence-electron chi connectivity index (χ3n) is 3.04. The second kappa shape index (κ2) is 6.30. The van der Waals surface area contributed by atoms with E-state index < -0.39 is 0 Å². The molecule has 0 bridgehead atoms. The van der Waals surface area contributed by atoms with Crippen LogP contribution in [0.3, 0.4) is 0 Å². The summed E-state index contributed by atoms with van der Waals surface area (Å²) in [6.45, 7) is 2.32. The molecule has 0 amide bonds. The van der Waals surface area contributed by atoms with Crippen LogP contribution >= 0.6 is 0 Å². The molecule has 0 aromatic heterocycles. The molecule has 1 atom stereocenters. The van der Waals surface area contributed by atoms with Crippen LogP contribution in [0.2, 0.25) is 0 Å². The molecule has 4 nitrogen and oxygen atoms in total. The van der Waals surface area contributed by atoms with Crippen molar-refractivity contribution in [2.24, 2.45) is 5.73 Å². The number of hydrogen-bond acceptors (Lipinski definition) is 4. The Kier molecular flexibility index (Phi) is 4.48. The topological polar surface area (TPSA) is 64.7 Å². The van der Waals surface area contributed by atoms with Gasteiger partial charge in [0.05, 0.1) is 7.11 Å². The summed E-state index contributed by atoms with van der Waals surface area (Å²) in [6.07, 6.45) is 0. The van der Waals surface area contributed by atoms with Crippen LogP contribution in [0.1, 0.15) is 24.1 Å². The van der Waals surface area contributed by atoms with Crippen LogP contribution < -0.4 is 15.2 Å². The average molecular weight is 273 g/mol. The minimum atomic E-state index is -0.115. The zero-order valence-electron chi connectivity index (χ0n) is 11.7. The smallest absolute Gasteiger partial charge is 0.128 e. The third kappa shape index (κ3) is 3.42. The molecule has 0 saturated carbocycles. The van der Waals surface area contributed by atoms with Gasteiger partial charge < -0.3 is 20.3 Å². The van der Waals surface area contributed by atoms with Gasteiger partial charge in [-0.1, -0.05) is 18.2 Å². The third-order valence-corrected chi connectivity index (χ3v) is 3.04. The molecule has 0 heterocycles. The van der Waals surface area contributed by atoms with Crippen LogP contribution in [0.4, 0.5) is 0 Å². The second-order valence-corrected chi connectivity index (χ2v) is 4.65. The lowest BCUT2D eigenvalue weighted by molar-refractivity contribution is 0.298. The molecule has 0 saturated heterocycles. The molecular weight excluding hydrogens is 254 g/mol. The van der Waals surface area contributed by atoms with Gasteiger partial charge >= 0.3 is 0 Å². The number of methoxy groups -OCH3 is 1. The fourth-order valence-electron chi connectivity index (χ4n) is 1.90. The van der Waals surface area contributed by atoms with Crippen LogP contribution in [-0.2, 0) is 6.61 Å². The van der Waals surface area contributed by atoms with Crippen molar-refractivity contribution in [3.8, 4) is 17.2 Å². The van der Waals surface area contributed by atoms with Crippen molar-refractivity contribution in [1.82, 2.24) is 0 Å². The predicted molar refractivity (Wildman–Crippen MR) is 78.0 cm³/mol. The van der Waals surface area contributed by atoms with Gasteiger partial charge in [-0.2, -0.15) is 0 Å². The van der Waals surface area contributed by atoms with Gasteiger partial charge in [-0.3, -0.25) is 0 Å². The largest absolute Gasteiger partial charge is 0.508 e. The Morgan fingerprint density at radius 3 is 2.45 bits per heavy atom. The second-order valence-electron chi connectivity index (χ2n) is 4.65. The molecule has 2 aromatic rings. The molecule has 20 heavy (non-hydrogen) atoms. The number of nitrogens with two attached hydrogens (primary N) is 1. The highest BCUT2D eigenvalue weighted by Gasteiger charge is 2.10. The molecule has 0 radical (unpaired) electrons. The maximum atomic E-state index is 9.25. The monoisotopic (exact) mass is 273 g/mol. The Morgan fingerprint density at radius 2 is 1.85 bits per heavy atom. The zero-order chi connectivity index (χ0) is 14.5. The maximum Gasteiger partial charge on any atom is 0.128 e. The van der Waals surface area contributed by atoms with Gasteiger partial charge in [0.25, 0.3) is 0 Å². The van der Waals surface area contributed by atoms with Gasteiger partial charge in [-0.25, -0.2) is 0 Å². The summed E-state index contributed by atoms with van der Waals surface area (Å²) >= 11 is 0. The first kappa shape index (κ1) is 14.2. The molecule has 1 unspecified atom stereocenters. The summed E-state index contributed by atoms with van der Waals surface area (Å²) in [5.74, 6) is 1.69. The zero-order valence-corrected chi connectivity index (χ0v) is 11.7. The van der Waals surface area contributed by atoms with E-state index in [-0.39, 0.29) is 11.8 Å². The van der Waals surface area contributed by atoms with Crippen molar-refractivity contribution in [2.45, 2.75) is 19.6 Å². The first-order chi connectivity index (χ1) is 9.60. The molecule has 0 aliphatic rings. The lowest BCUT2D eigenvalue weighted by atomic mass is 10.1. The van der Waals surface area contributed by atoms with Crippen molar-refractivity contribution >= 4 is 0 Å². The van der Waals surface area contributed by atoms with E-state index in [9.17, 15) is 5.11 Å². The molecular formula is C16H19NO3. The minimum Gasteiger partial charge on any atom is -0.508 e. The molecule has 2 rings (SSSR count). The molecule has 2 aromatic carbocycles. The molecule has 0 aliphatic carbocycles. The molecule has 3 N–H and O–H groups in total. The lowest BCUT2D eigenvalue weighted by Gasteiger charge is -2.15. The number of phenols is 1. The van der Waals surface area contributed by atoms with Crippen molar-refractivity contribution < 1.29 is 14.6 Å². The molecule has 0 fully saturated rings. The van der Waals surface area contributed by atoms with E-state index in [2.05, 4.69) is 0 Å². The van der Waals surface area contributed by atoms with Crippen LogP contribution in [0.15, 0.2) is 42.5 Å². The molecule has 0 aliphatic heterocycles. The standard InChI is InChI=1S/C16H19NO3/c1-11(17)15-8-7-14(19-2)9-16(15)20-10-12-3-5-13(18)6-4-12/h3-9,11,18H,10,17H2,1-2H3. The highest BCUT2D eigenvalue weighted by Crippen LogP contribution is 2.29. The van der Waals surface area contributed by atoms with Crippen LogP contribution in [0.25, 0.3) is 0 Å². The number of phenolic OH excluding ortho intramolecular Hbond substituents is 1. The van der Waals surface area contributed by atoms with Crippen LogP contribution in [0, 0.1) is 0 Å². The minimum absolute atomic E-state index is 0.115. The Morgan fingerprint density at radius 1 is 1.15 bits per heavy atom. The summed E-state index contributed by atoms with van der Waals surface area (Å²) in [7, 11) is 1.62. The number of aromatic hydroxyl groups is 1. The summed E-state index contributed by atoms with van der Waals surface area (Å²) in [4.78, 5) is 0. The Bertz CT molecular complexity index is 564. The van der Waals surface area contributed by atoms with E-state index in [0.29, 0.717) is 12.4 Å². The van der Waals surface area contributed by atoms with Gasteiger partial charge in [-0.05, 0) is 30.7 Å². The van der Waals surface area contributed by atoms with Crippen molar-refractivity contribution in [1.29, 1.82) is 0 Å². The Balaban J connectivity index is 2.16. The quantitative estimate of drug-likeness (QED) is 0.879. The highest BCUT2D eigenvalue weighted by atomic mass is 16.5. The fourth-order valence-corrected chi connectivity index (χ4v) is 1.90. The van der Waals surface area contributed by atoms with E-state index in [4.69, 9.17) is 15.2 Å². The number of ether oxygens (including phenoxy) is 2. The number of hydrogen-bond donors (Lipinski definition) is 2. The van der Waals surface area contributed by atoms with E-state index >= 15 is 0 Å². The summed E-state index contributed by atoms with van der Waals surface area (Å²) in [5, 5.41) is 9.25. The van der Waals surface area contributed by atoms with Gasteiger partial charge in [0.15, 0.2) is 0 Å². The van der Waals surface area contributed by atoms with Crippen LogP contribution in [0.5, 0.6) is 17.2 Å². The highest BCUT2D eigenvalue weighted by molar-refractivity contribution is 5.42. The summed E-state index contributed by atoms with van der Waals surface area (Å²) in [6, 6.07) is 12.4. The predicted octanol–water partition coefficient (Wildman–Crippen LogP) is 3.00. The number of benzene rings is 2. The first-order valence-electron chi connectivity index (χ1n) is 6.44.